The molecule has 5 nitrogen and oxygen atoms in total. The molecule has 24 heavy (non-hydrogen) atoms. The van der Waals surface area contributed by atoms with Crippen LogP contribution in [0.1, 0.15) is 11.1 Å². The molecular formula is C19H22O5. The summed E-state index contributed by atoms with van der Waals surface area (Å²) in [6.07, 6.45) is -3.38. The van der Waals surface area contributed by atoms with Gasteiger partial charge in [-0.05, 0) is 11.1 Å². The zero-order valence-corrected chi connectivity index (χ0v) is 13.3. The van der Waals surface area contributed by atoms with Crippen molar-refractivity contribution in [2.45, 2.75) is 37.8 Å². The molecule has 0 aliphatic carbocycles. The van der Waals surface area contributed by atoms with Crippen molar-refractivity contribution in [2.75, 3.05) is 6.61 Å². The molecule has 0 radical (unpaired) electrons. The molecule has 1 aliphatic rings. The molecule has 4 atom stereocenters. The van der Waals surface area contributed by atoms with E-state index in [9.17, 15) is 10.2 Å². The molecule has 0 unspecified atom stereocenters. The van der Waals surface area contributed by atoms with Gasteiger partial charge in [0.15, 0.2) is 6.29 Å². The zero-order chi connectivity index (χ0) is 16.8. The third-order valence-corrected chi connectivity index (χ3v) is 3.99. The molecule has 5 heteroatoms. The quantitative estimate of drug-likeness (QED) is 0.846. The van der Waals surface area contributed by atoms with Gasteiger partial charge in [-0.15, -0.1) is 0 Å². The highest BCUT2D eigenvalue weighted by Crippen LogP contribution is 2.22. The molecule has 3 rings (SSSR count). The highest BCUT2D eigenvalue weighted by Gasteiger charge is 2.40. The number of aliphatic hydroxyl groups excluding tert-OH is 2. The van der Waals surface area contributed by atoms with Crippen molar-refractivity contribution in [3.05, 3.63) is 71.8 Å². The standard InChI is InChI=1S/C19H22O5/c20-16-13-24-19(21)18(23-12-15-9-5-2-6-10-15)17(16)22-11-14-7-3-1-4-8-14/h1-10,16-21H,11-13H2/t16-,17-,18+,19-/m1/s1. The first kappa shape index (κ1) is 17.1. The van der Waals surface area contributed by atoms with E-state index in [0.717, 1.165) is 11.1 Å². The van der Waals surface area contributed by atoms with Gasteiger partial charge in [-0.2, -0.15) is 0 Å². The molecule has 1 saturated heterocycles. The Labute approximate surface area is 141 Å². The summed E-state index contributed by atoms with van der Waals surface area (Å²) in [6, 6.07) is 19.3. The van der Waals surface area contributed by atoms with Crippen LogP contribution in [0.3, 0.4) is 0 Å². The van der Waals surface area contributed by atoms with Crippen molar-refractivity contribution < 1.29 is 24.4 Å². The monoisotopic (exact) mass is 330 g/mol. The summed E-state index contributed by atoms with van der Waals surface area (Å²) in [7, 11) is 0. The van der Waals surface area contributed by atoms with Gasteiger partial charge in [-0.1, -0.05) is 60.7 Å². The molecule has 0 spiro atoms. The van der Waals surface area contributed by atoms with E-state index in [2.05, 4.69) is 0 Å². The van der Waals surface area contributed by atoms with Gasteiger partial charge in [0.1, 0.15) is 18.3 Å². The lowest BCUT2D eigenvalue weighted by molar-refractivity contribution is -0.278. The lowest BCUT2D eigenvalue weighted by atomic mass is 10.0. The molecule has 0 saturated carbocycles. The van der Waals surface area contributed by atoms with Crippen LogP contribution in [0.2, 0.25) is 0 Å². The summed E-state index contributed by atoms with van der Waals surface area (Å²) in [5.41, 5.74) is 1.97. The van der Waals surface area contributed by atoms with Crippen molar-refractivity contribution in [1.82, 2.24) is 0 Å². The molecule has 0 aromatic heterocycles. The minimum atomic E-state index is -1.13. The van der Waals surface area contributed by atoms with E-state index in [1.54, 1.807) is 0 Å². The Morgan fingerprint density at radius 3 is 1.83 bits per heavy atom. The topological polar surface area (TPSA) is 68.2 Å². The van der Waals surface area contributed by atoms with Crippen LogP contribution in [-0.2, 0) is 27.4 Å². The van der Waals surface area contributed by atoms with Gasteiger partial charge in [0, 0.05) is 0 Å². The van der Waals surface area contributed by atoms with Crippen LogP contribution >= 0.6 is 0 Å². The molecular weight excluding hydrogens is 308 g/mol. The number of rotatable bonds is 6. The summed E-state index contributed by atoms with van der Waals surface area (Å²) < 4.78 is 16.8. The molecule has 2 N–H and O–H groups in total. The molecule has 2 aromatic rings. The highest BCUT2D eigenvalue weighted by molar-refractivity contribution is 5.14. The highest BCUT2D eigenvalue weighted by atomic mass is 16.7. The van der Waals surface area contributed by atoms with Crippen molar-refractivity contribution >= 4 is 0 Å². The molecule has 2 aromatic carbocycles. The average molecular weight is 330 g/mol. The predicted molar refractivity (Wildman–Crippen MR) is 88.0 cm³/mol. The average Bonchev–Trinajstić information content (AvgIpc) is 2.63. The van der Waals surface area contributed by atoms with Gasteiger partial charge in [-0.3, -0.25) is 0 Å². The summed E-state index contributed by atoms with van der Waals surface area (Å²) in [6.45, 7) is 0.663. The number of aliphatic hydroxyl groups is 2. The van der Waals surface area contributed by atoms with Crippen LogP contribution in [0.4, 0.5) is 0 Å². The third-order valence-electron chi connectivity index (χ3n) is 3.99. The minimum Gasteiger partial charge on any atom is -0.388 e. The van der Waals surface area contributed by atoms with Gasteiger partial charge < -0.3 is 24.4 Å². The van der Waals surface area contributed by atoms with E-state index in [0.29, 0.717) is 13.2 Å². The Morgan fingerprint density at radius 2 is 1.29 bits per heavy atom. The Balaban J connectivity index is 1.63. The largest absolute Gasteiger partial charge is 0.388 e. The van der Waals surface area contributed by atoms with E-state index in [1.165, 1.54) is 0 Å². The molecule has 0 amide bonds. The van der Waals surface area contributed by atoms with Crippen LogP contribution in [0.25, 0.3) is 0 Å². The predicted octanol–water partition coefficient (Wildman–Crippen LogP) is 1.87. The van der Waals surface area contributed by atoms with Crippen molar-refractivity contribution in [2.24, 2.45) is 0 Å². The Hall–Kier alpha value is -1.76. The molecule has 128 valence electrons. The van der Waals surface area contributed by atoms with Crippen LogP contribution in [0, 0.1) is 0 Å². The van der Waals surface area contributed by atoms with Gasteiger partial charge in [-0.25, -0.2) is 0 Å². The fourth-order valence-electron chi connectivity index (χ4n) is 2.68. The van der Waals surface area contributed by atoms with Crippen LogP contribution < -0.4 is 0 Å². The summed E-state index contributed by atoms with van der Waals surface area (Å²) in [4.78, 5) is 0. The minimum absolute atomic E-state index is 0.0197. The number of hydrogen-bond acceptors (Lipinski definition) is 5. The fraction of sp³-hybridized carbons (Fsp3) is 0.368. The number of hydrogen-bond donors (Lipinski definition) is 2. The number of ether oxygens (including phenoxy) is 3. The maximum atomic E-state index is 10.2. The lowest BCUT2D eigenvalue weighted by Crippen LogP contribution is -2.55. The van der Waals surface area contributed by atoms with E-state index < -0.39 is 24.6 Å². The van der Waals surface area contributed by atoms with Crippen LogP contribution in [0.5, 0.6) is 0 Å². The van der Waals surface area contributed by atoms with E-state index in [1.807, 2.05) is 60.7 Å². The maximum absolute atomic E-state index is 10.2. The van der Waals surface area contributed by atoms with Gasteiger partial charge in [0.25, 0.3) is 0 Å². The Bertz CT molecular complexity index is 548. The van der Waals surface area contributed by atoms with Crippen LogP contribution in [-0.4, -0.2) is 41.4 Å². The van der Waals surface area contributed by atoms with E-state index in [4.69, 9.17) is 14.2 Å². The Morgan fingerprint density at radius 1 is 0.792 bits per heavy atom. The molecule has 1 aliphatic heterocycles. The first-order valence-electron chi connectivity index (χ1n) is 8.03. The second-order valence-electron chi connectivity index (χ2n) is 5.81. The molecule has 1 heterocycles. The molecule has 1 fully saturated rings. The van der Waals surface area contributed by atoms with Crippen LogP contribution in [0.15, 0.2) is 60.7 Å². The van der Waals surface area contributed by atoms with E-state index in [-0.39, 0.29) is 6.61 Å². The smallest absolute Gasteiger partial charge is 0.183 e. The first-order valence-corrected chi connectivity index (χ1v) is 8.03. The van der Waals surface area contributed by atoms with E-state index >= 15 is 0 Å². The second-order valence-corrected chi connectivity index (χ2v) is 5.81. The zero-order valence-electron chi connectivity index (χ0n) is 13.3. The molecule has 0 bridgehead atoms. The first-order chi connectivity index (χ1) is 11.7. The van der Waals surface area contributed by atoms with Gasteiger partial charge in [0.2, 0.25) is 0 Å². The Kier molecular flexibility index (Phi) is 5.96. The van der Waals surface area contributed by atoms with Crippen molar-refractivity contribution in [3.63, 3.8) is 0 Å². The fourth-order valence-corrected chi connectivity index (χ4v) is 2.68. The normalized spacial score (nSPS) is 27.1. The van der Waals surface area contributed by atoms with Crippen molar-refractivity contribution in [3.8, 4) is 0 Å². The maximum Gasteiger partial charge on any atom is 0.183 e. The second kappa shape index (κ2) is 8.37. The summed E-state index contributed by atoms with van der Waals surface area (Å²) in [5.74, 6) is 0. The van der Waals surface area contributed by atoms with Gasteiger partial charge >= 0.3 is 0 Å². The SMILES string of the molecule is O[C@@H]1CO[C@@H](O)[C@@H](OCc2ccccc2)[C@@H]1OCc1ccccc1. The summed E-state index contributed by atoms with van der Waals surface area (Å²) >= 11 is 0. The van der Waals surface area contributed by atoms with Crippen molar-refractivity contribution in [1.29, 1.82) is 0 Å². The number of benzene rings is 2. The lowest BCUT2D eigenvalue weighted by Gasteiger charge is -2.38. The third kappa shape index (κ3) is 4.41. The summed E-state index contributed by atoms with van der Waals surface area (Å²) in [5, 5.41) is 20.3. The van der Waals surface area contributed by atoms with Gasteiger partial charge in [0.05, 0.1) is 19.8 Å².